The van der Waals surface area contributed by atoms with Gasteiger partial charge in [-0.25, -0.2) is 22.4 Å². The molecule has 2 amide bonds. The fraction of sp³-hybridized carbons (Fsp3) is 0.524. The van der Waals surface area contributed by atoms with E-state index in [0.717, 1.165) is 16.8 Å². The number of fused-ring (bicyclic) bond motifs is 3. The van der Waals surface area contributed by atoms with E-state index in [1.807, 2.05) is 0 Å². The standard InChI is InChI=1S/C21H22F6N4O2/c1-11-7-15-13(17-21(26,27)6-5-20(25,10-32)9-31(17)29-15)8-30(11)19(33)28-14-4-2-3-12(16(14)22)18(23)24/h2-4,11,18,32H,5-10H2,1H3,(H,28,33)/t11-,20+/m1/s1. The van der Waals surface area contributed by atoms with Crippen molar-refractivity contribution in [3.05, 3.63) is 46.5 Å². The normalized spacial score (nSPS) is 24.3. The molecular formula is C21H22F6N4O2. The fourth-order valence-electron chi connectivity index (χ4n) is 4.37. The number of hydrogen-bond acceptors (Lipinski definition) is 3. The minimum Gasteiger partial charge on any atom is -0.393 e. The van der Waals surface area contributed by atoms with Crippen molar-refractivity contribution in [2.75, 3.05) is 11.9 Å². The third kappa shape index (κ3) is 4.16. The number of carbonyl (C=O) groups is 1. The number of aliphatic hydroxyl groups excluding tert-OH is 1. The molecule has 33 heavy (non-hydrogen) atoms. The first-order valence-electron chi connectivity index (χ1n) is 10.4. The first kappa shape index (κ1) is 23.4. The Labute approximate surface area is 185 Å². The van der Waals surface area contributed by atoms with Crippen molar-refractivity contribution in [3.63, 3.8) is 0 Å². The molecule has 0 bridgehead atoms. The van der Waals surface area contributed by atoms with E-state index in [0.29, 0.717) is 0 Å². The molecule has 2 N–H and O–H groups in total. The van der Waals surface area contributed by atoms with Gasteiger partial charge in [0.1, 0.15) is 5.69 Å². The summed E-state index contributed by atoms with van der Waals surface area (Å²) in [5.41, 5.74) is -3.74. The van der Waals surface area contributed by atoms with Crippen LogP contribution in [0.1, 0.15) is 48.7 Å². The fourth-order valence-corrected chi connectivity index (χ4v) is 4.37. The van der Waals surface area contributed by atoms with Gasteiger partial charge < -0.3 is 15.3 Å². The summed E-state index contributed by atoms with van der Waals surface area (Å²) in [6.07, 6.45) is -4.40. The molecule has 3 heterocycles. The Kier molecular flexibility index (Phi) is 5.83. The average Bonchev–Trinajstić information content (AvgIpc) is 3.05. The Morgan fingerprint density at radius 2 is 2.03 bits per heavy atom. The average molecular weight is 476 g/mol. The third-order valence-electron chi connectivity index (χ3n) is 6.20. The number of aliphatic hydroxyl groups is 1. The molecule has 2 aliphatic rings. The Bertz CT molecular complexity index is 1080. The van der Waals surface area contributed by atoms with E-state index >= 15 is 0 Å². The number of nitrogens with zero attached hydrogens (tertiary/aromatic N) is 3. The zero-order valence-electron chi connectivity index (χ0n) is 17.6. The minimum atomic E-state index is -3.44. The number of halogens is 6. The molecule has 1 aromatic carbocycles. The number of benzene rings is 1. The Morgan fingerprint density at radius 3 is 2.70 bits per heavy atom. The SMILES string of the molecule is C[C@@H]1Cc2nn3c(c2CN1C(=O)Nc1cccc(C(F)F)c1F)C(F)(F)CC[C@@](F)(CO)C3. The molecule has 2 atom stereocenters. The first-order chi connectivity index (χ1) is 15.5. The number of nitrogens with one attached hydrogen (secondary N) is 1. The van der Waals surface area contributed by atoms with Crippen molar-refractivity contribution in [3.8, 4) is 0 Å². The number of hydrogen-bond donors (Lipinski definition) is 2. The Hall–Kier alpha value is -2.76. The topological polar surface area (TPSA) is 70.4 Å². The lowest BCUT2D eigenvalue weighted by atomic mass is 9.95. The van der Waals surface area contributed by atoms with Crippen LogP contribution >= 0.6 is 0 Å². The van der Waals surface area contributed by atoms with E-state index < -0.39 is 78.8 Å². The maximum Gasteiger partial charge on any atom is 0.322 e. The van der Waals surface area contributed by atoms with Gasteiger partial charge in [0, 0.05) is 24.4 Å². The van der Waals surface area contributed by atoms with Crippen molar-refractivity contribution in [1.29, 1.82) is 0 Å². The van der Waals surface area contributed by atoms with E-state index in [9.17, 15) is 36.2 Å². The summed E-state index contributed by atoms with van der Waals surface area (Å²) in [4.78, 5) is 14.0. The van der Waals surface area contributed by atoms with Crippen LogP contribution in [0.3, 0.4) is 0 Å². The van der Waals surface area contributed by atoms with Gasteiger partial charge in [0.2, 0.25) is 0 Å². The summed E-state index contributed by atoms with van der Waals surface area (Å²) in [7, 11) is 0. The van der Waals surface area contributed by atoms with Crippen molar-refractivity contribution in [2.45, 2.75) is 63.3 Å². The van der Waals surface area contributed by atoms with Crippen molar-refractivity contribution in [1.82, 2.24) is 14.7 Å². The first-order valence-corrected chi connectivity index (χ1v) is 10.4. The van der Waals surface area contributed by atoms with E-state index in [4.69, 9.17) is 0 Å². The van der Waals surface area contributed by atoms with E-state index in [1.54, 1.807) is 6.92 Å². The molecule has 2 aliphatic heterocycles. The highest BCUT2D eigenvalue weighted by Crippen LogP contribution is 2.44. The van der Waals surface area contributed by atoms with Gasteiger partial charge in [-0.05, 0) is 19.4 Å². The van der Waals surface area contributed by atoms with Crippen LogP contribution in [0.4, 0.5) is 36.8 Å². The lowest BCUT2D eigenvalue weighted by Gasteiger charge is -2.33. The quantitative estimate of drug-likeness (QED) is 0.640. The van der Waals surface area contributed by atoms with Gasteiger partial charge in [-0.2, -0.15) is 13.9 Å². The van der Waals surface area contributed by atoms with Gasteiger partial charge in [-0.15, -0.1) is 0 Å². The molecule has 180 valence electrons. The Morgan fingerprint density at radius 1 is 1.30 bits per heavy atom. The maximum absolute atomic E-state index is 15.0. The summed E-state index contributed by atoms with van der Waals surface area (Å²) >= 11 is 0. The maximum atomic E-state index is 15.0. The second kappa shape index (κ2) is 8.23. The number of aromatic nitrogens is 2. The number of carbonyl (C=O) groups excluding carboxylic acids is 1. The molecule has 0 saturated heterocycles. The summed E-state index contributed by atoms with van der Waals surface area (Å²) in [6, 6.07) is 1.78. The highest BCUT2D eigenvalue weighted by Gasteiger charge is 2.48. The lowest BCUT2D eigenvalue weighted by molar-refractivity contribution is -0.0324. The van der Waals surface area contributed by atoms with Crippen LogP contribution in [0.15, 0.2) is 18.2 Å². The van der Waals surface area contributed by atoms with Crippen molar-refractivity contribution < 1.29 is 36.2 Å². The van der Waals surface area contributed by atoms with Crippen molar-refractivity contribution in [2.24, 2.45) is 0 Å². The second-order valence-corrected chi connectivity index (χ2v) is 8.57. The van der Waals surface area contributed by atoms with Gasteiger partial charge in [0.05, 0.1) is 36.6 Å². The number of anilines is 1. The summed E-state index contributed by atoms with van der Waals surface area (Å²) < 4.78 is 85.8. The molecule has 0 unspecified atom stereocenters. The van der Waals surface area contributed by atoms with Gasteiger partial charge in [-0.3, -0.25) is 4.68 Å². The molecule has 0 fully saturated rings. The van der Waals surface area contributed by atoms with Crippen molar-refractivity contribution >= 4 is 11.7 Å². The molecule has 0 saturated carbocycles. The predicted octanol–water partition coefficient (Wildman–Crippen LogP) is 4.52. The lowest BCUT2D eigenvalue weighted by Crippen LogP contribution is -2.45. The highest BCUT2D eigenvalue weighted by atomic mass is 19.3. The number of alkyl halides is 5. The molecule has 1 aromatic heterocycles. The summed E-state index contributed by atoms with van der Waals surface area (Å²) in [6.45, 7) is -0.152. The largest absolute Gasteiger partial charge is 0.393 e. The zero-order chi connectivity index (χ0) is 24.1. The molecule has 0 spiro atoms. The summed E-state index contributed by atoms with van der Waals surface area (Å²) in [5, 5.41) is 15.7. The molecule has 0 radical (unpaired) electrons. The van der Waals surface area contributed by atoms with Crippen LogP contribution in [-0.2, 0) is 25.4 Å². The van der Waals surface area contributed by atoms with Gasteiger partial charge in [0.25, 0.3) is 12.3 Å². The van der Waals surface area contributed by atoms with Crippen LogP contribution in [-0.4, -0.2) is 44.1 Å². The van der Waals surface area contributed by atoms with Crippen LogP contribution in [0, 0.1) is 5.82 Å². The van der Waals surface area contributed by atoms with Crippen LogP contribution in [0.25, 0.3) is 0 Å². The predicted molar refractivity (Wildman–Crippen MR) is 105 cm³/mol. The van der Waals surface area contributed by atoms with E-state index in [2.05, 4.69) is 10.4 Å². The molecule has 0 aliphatic carbocycles. The van der Waals surface area contributed by atoms with Crippen LogP contribution in [0.5, 0.6) is 0 Å². The molecule has 4 rings (SSSR count). The molecular weight excluding hydrogens is 454 g/mol. The molecule has 2 aromatic rings. The number of rotatable bonds is 3. The smallest absolute Gasteiger partial charge is 0.322 e. The van der Waals surface area contributed by atoms with Crippen LogP contribution < -0.4 is 5.32 Å². The molecule has 12 heteroatoms. The van der Waals surface area contributed by atoms with Crippen LogP contribution in [0.2, 0.25) is 0 Å². The van der Waals surface area contributed by atoms with E-state index in [1.165, 1.54) is 11.0 Å². The van der Waals surface area contributed by atoms with Gasteiger partial charge in [0.15, 0.2) is 11.5 Å². The Balaban J connectivity index is 1.64. The van der Waals surface area contributed by atoms with E-state index in [-0.39, 0.29) is 24.2 Å². The van der Waals surface area contributed by atoms with Gasteiger partial charge in [-0.1, -0.05) is 12.1 Å². The number of urea groups is 1. The highest BCUT2D eigenvalue weighted by molar-refractivity contribution is 5.90. The monoisotopic (exact) mass is 476 g/mol. The third-order valence-corrected chi connectivity index (χ3v) is 6.20. The zero-order valence-corrected chi connectivity index (χ0v) is 17.6. The molecule has 6 nitrogen and oxygen atoms in total. The minimum absolute atomic E-state index is 0.0669. The second-order valence-electron chi connectivity index (χ2n) is 8.57. The summed E-state index contributed by atoms with van der Waals surface area (Å²) in [5.74, 6) is -4.72. The van der Waals surface area contributed by atoms with Gasteiger partial charge >= 0.3 is 6.03 Å². The number of amides is 2.